The Morgan fingerprint density at radius 2 is 1.65 bits per heavy atom. The van der Waals surface area contributed by atoms with Crippen LogP contribution in [-0.4, -0.2) is 20.3 Å². The van der Waals surface area contributed by atoms with Crippen LogP contribution in [0.15, 0.2) is 88.5 Å². The molecule has 0 aliphatic heterocycles. The van der Waals surface area contributed by atoms with E-state index in [2.05, 4.69) is 10.4 Å². The number of hydrogen-bond acceptors (Lipinski definition) is 4. The largest absolute Gasteiger partial charge is 0.352 e. The smallest absolute Gasteiger partial charge is 0.344 e. The molecule has 0 aliphatic carbocycles. The average molecular weight is 475 g/mol. The molecule has 4 rings (SSSR count). The Balaban J connectivity index is 1.82. The zero-order valence-corrected chi connectivity index (χ0v) is 19.5. The maximum atomic E-state index is 13.3. The van der Waals surface area contributed by atoms with Crippen LogP contribution in [0.3, 0.4) is 0 Å². The number of aromatic nitrogens is 3. The fourth-order valence-corrected chi connectivity index (χ4v) is 3.71. The zero-order valence-electron chi connectivity index (χ0n) is 18.7. The number of carbonyl (C=O) groups is 1. The highest BCUT2D eigenvalue weighted by Gasteiger charge is 2.22. The Labute approximate surface area is 201 Å². The summed E-state index contributed by atoms with van der Waals surface area (Å²) in [7, 11) is 0. The van der Waals surface area contributed by atoms with Gasteiger partial charge in [-0.25, -0.2) is 4.79 Å². The SMILES string of the molecule is Cc1ccc(-n2nc(C(=O)NC(C)c3ccccc3)c(=O)n(Cc3ccccc3)c2=O)cc1Cl. The predicted molar refractivity (Wildman–Crippen MR) is 132 cm³/mol. The highest BCUT2D eigenvalue weighted by Crippen LogP contribution is 2.18. The predicted octanol–water partition coefficient (Wildman–Crippen LogP) is 3.90. The fourth-order valence-electron chi connectivity index (χ4n) is 3.53. The second-order valence-electron chi connectivity index (χ2n) is 7.96. The molecule has 0 spiro atoms. The zero-order chi connectivity index (χ0) is 24.2. The summed E-state index contributed by atoms with van der Waals surface area (Å²) in [5.41, 5.74) is 0.986. The van der Waals surface area contributed by atoms with Crippen molar-refractivity contribution in [1.29, 1.82) is 0 Å². The van der Waals surface area contributed by atoms with E-state index < -0.39 is 17.2 Å². The number of carbonyl (C=O) groups excluding carboxylic acids is 1. The van der Waals surface area contributed by atoms with E-state index in [1.165, 1.54) is 0 Å². The van der Waals surface area contributed by atoms with E-state index in [9.17, 15) is 14.4 Å². The molecule has 0 saturated heterocycles. The minimum absolute atomic E-state index is 0.00482. The number of benzene rings is 3. The lowest BCUT2D eigenvalue weighted by Crippen LogP contribution is -2.46. The Hall–Kier alpha value is -3.97. The minimum atomic E-state index is -0.763. The quantitative estimate of drug-likeness (QED) is 0.459. The van der Waals surface area contributed by atoms with Crippen LogP contribution in [0.4, 0.5) is 0 Å². The first-order valence-electron chi connectivity index (χ1n) is 10.8. The van der Waals surface area contributed by atoms with Gasteiger partial charge in [-0.05, 0) is 42.7 Å². The van der Waals surface area contributed by atoms with E-state index in [1.807, 2.05) is 62.4 Å². The number of halogens is 1. The van der Waals surface area contributed by atoms with Gasteiger partial charge < -0.3 is 5.32 Å². The monoisotopic (exact) mass is 474 g/mol. The summed E-state index contributed by atoms with van der Waals surface area (Å²) in [6.45, 7) is 3.64. The molecule has 1 amide bonds. The molecular formula is C26H23ClN4O3. The second kappa shape index (κ2) is 9.89. The van der Waals surface area contributed by atoms with Crippen molar-refractivity contribution in [2.24, 2.45) is 0 Å². The molecule has 1 unspecified atom stereocenters. The molecule has 0 saturated carbocycles. The molecule has 1 N–H and O–H groups in total. The van der Waals surface area contributed by atoms with Crippen molar-refractivity contribution in [3.05, 3.63) is 127 Å². The molecule has 0 fully saturated rings. The Morgan fingerprint density at radius 1 is 1.00 bits per heavy atom. The molecule has 8 heteroatoms. The third-order valence-electron chi connectivity index (χ3n) is 5.51. The first kappa shape index (κ1) is 23.2. The summed E-state index contributed by atoms with van der Waals surface area (Å²) in [4.78, 5) is 39.7. The molecule has 4 aromatic rings. The molecule has 1 atom stereocenters. The van der Waals surface area contributed by atoms with Crippen molar-refractivity contribution in [3.8, 4) is 5.69 Å². The summed E-state index contributed by atoms with van der Waals surface area (Å²) in [5.74, 6) is -0.671. The van der Waals surface area contributed by atoms with Crippen molar-refractivity contribution < 1.29 is 4.79 Å². The molecule has 7 nitrogen and oxygen atoms in total. The van der Waals surface area contributed by atoms with Gasteiger partial charge in [0.2, 0.25) is 5.69 Å². The van der Waals surface area contributed by atoms with Gasteiger partial charge in [-0.2, -0.15) is 9.78 Å². The van der Waals surface area contributed by atoms with Gasteiger partial charge in [-0.15, -0.1) is 0 Å². The van der Waals surface area contributed by atoms with Gasteiger partial charge in [0.1, 0.15) is 0 Å². The molecular weight excluding hydrogens is 452 g/mol. The molecule has 0 aliphatic rings. The lowest BCUT2D eigenvalue weighted by molar-refractivity contribution is 0.0930. The van der Waals surface area contributed by atoms with Crippen LogP contribution in [0.5, 0.6) is 0 Å². The van der Waals surface area contributed by atoms with Gasteiger partial charge in [-0.1, -0.05) is 78.3 Å². The van der Waals surface area contributed by atoms with Crippen molar-refractivity contribution in [2.75, 3.05) is 0 Å². The van der Waals surface area contributed by atoms with E-state index in [1.54, 1.807) is 30.3 Å². The van der Waals surface area contributed by atoms with E-state index in [4.69, 9.17) is 11.6 Å². The third-order valence-corrected chi connectivity index (χ3v) is 5.91. The molecule has 1 aromatic heterocycles. The van der Waals surface area contributed by atoms with Gasteiger partial charge in [0.05, 0.1) is 18.3 Å². The summed E-state index contributed by atoms with van der Waals surface area (Å²) in [6.07, 6.45) is 0. The van der Waals surface area contributed by atoms with Crippen LogP contribution >= 0.6 is 11.6 Å². The van der Waals surface area contributed by atoms with E-state index >= 15 is 0 Å². The van der Waals surface area contributed by atoms with Crippen LogP contribution < -0.4 is 16.6 Å². The molecule has 0 radical (unpaired) electrons. The van der Waals surface area contributed by atoms with Gasteiger partial charge in [0.15, 0.2) is 0 Å². The van der Waals surface area contributed by atoms with E-state index in [-0.39, 0.29) is 18.3 Å². The van der Waals surface area contributed by atoms with Crippen LogP contribution in [0.2, 0.25) is 5.02 Å². The number of nitrogens with one attached hydrogen (secondary N) is 1. The summed E-state index contributed by atoms with van der Waals surface area (Å²) >= 11 is 6.26. The van der Waals surface area contributed by atoms with E-state index in [0.717, 1.165) is 25.9 Å². The Bertz CT molecular complexity index is 1450. The van der Waals surface area contributed by atoms with E-state index in [0.29, 0.717) is 10.7 Å². The minimum Gasteiger partial charge on any atom is -0.344 e. The molecule has 0 bridgehead atoms. The van der Waals surface area contributed by atoms with Crippen molar-refractivity contribution >= 4 is 17.5 Å². The Morgan fingerprint density at radius 3 is 2.29 bits per heavy atom. The summed E-state index contributed by atoms with van der Waals surface area (Å²) in [5, 5.41) is 7.41. The second-order valence-corrected chi connectivity index (χ2v) is 8.37. The number of nitrogens with zero attached hydrogens (tertiary/aromatic N) is 3. The van der Waals surface area contributed by atoms with Gasteiger partial charge in [0, 0.05) is 5.02 Å². The maximum absolute atomic E-state index is 13.3. The normalized spacial score (nSPS) is 11.7. The maximum Gasteiger partial charge on any atom is 0.352 e. The van der Waals surface area contributed by atoms with Crippen molar-refractivity contribution in [2.45, 2.75) is 26.4 Å². The number of rotatable bonds is 6. The standard InChI is InChI=1S/C26H23ClN4O3/c1-17-13-14-21(15-22(17)27)31-26(34)30(16-19-9-5-3-6-10-19)25(33)23(29-31)24(32)28-18(2)20-11-7-4-8-12-20/h3-15,18H,16H2,1-2H3,(H,28,32). The number of aryl methyl sites for hydroxylation is 1. The van der Waals surface area contributed by atoms with Crippen LogP contribution in [0.25, 0.3) is 5.69 Å². The van der Waals surface area contributed by atoms with Crippen molar-refractivity contribution in [3.63, 3.8) is 0 Å². The van der Waals surface area contributed by atoms with Gasteiger partial charge >= 0.3 is 5.69 Å². The molecule has 3 aromatic carbocycles. The fraction of sp³-hybridized carbons (Fsp3) is 0.154. The topological polar surface area (TPSA) is 86.0 Å². The lowest BCUT2D eigenvalue weighted by atomic mass is 10.1. The molecule has 1 heterocycles. The third kappa shape index (κ3) is 4.84. The van der Waals surface area contributed by atoms with Crippen LogP contribution in [-0.2, 0) is 6.54 Å². The lowest BCUT2D eigenvalue weighted by Gasteiger charge is -2.16. The van der Waals surface area contributed by atoms with Crippen molar-refractivity contribution in [1.82, 2.24) is 19.7 Å². The average Bonchev–Trinajstić information content (AvgIpc) is 2.85. The summed E-state index contributed by atoms with van der Waals surface area (Å²) < 4.78 is 2.05. The first-order chi connectivity index (χ1) is 16.3. The highest BCUT2D eigenvalue weighted by atomic mass is 35.5. The van der Waals surface area contributed by atoms with Gasteiger partial charge in [-0.3, -0.25) is 14.2 Å². The Kier molecular flexibility index (Phi) is 6.75. The summed E-state index contributed by atoms with van der Waals surface area (Å²) in [6, 6.07) is 23.1. The van der Waals surface area contributed by atoms with Crippen LogP contribution in [0, 0.1) is 6.92 Å². The molecule has 172 valence electrons. The number of hydrogen-bond donors (Lipinski definition) is 1. The number of amides is 1. The van der Waals surface area contributed by atoms with Gasteiger partial charge in [0.25, 0.3) is 11.5 Å². The first-order valence-corrected chi connectivity index (χ1v) is 11.1. The highest BCUT2D eigenvalue weighted by molar-refractivity contribution is 6.31. The molecule has 34 heavy (non-hydrogen) atoms. The van der Waals surface area contributed by atoms with Crippen LogP contribution in [0.1, 0.15) is 40.1 Å².